The molecule has 1 aliphatic rings. The molecule has 1 aliphatic carbocycles. The summed E-state index contributed by atoms with van der Waals surface area (Å²) in [4.78, 5) is 25.0. The Labute approximate surface area is 173 Å². The average molecular weight is 409 g/mol. The fraction of sp³-hybridized carbons (Fsp3) is 0.636. The van der Waals surface area contributed by atoms with Crippen molar-refractivity contribution in [3.8, 4) is 0 Å². The molecule has 2 amide bonds. The second-order valence-electron chi connectivity index (χ2n) is 8.54. The van der Waals surface area contributed by atoms with Crippen molar-refractivity contribution in [3.63, 3.8) is 0 Å². The van der Waals surface area contributed by atoms with Crippen LogP contribution in [0.5, 0.6) is 0 Å². The van der Waals surface area contributed by atoms with Gasteiger partial charge in [0, 0.05) is 11.6 Å². The maximum atomic E-state index is 12.8. The van der Waals surface area contributed by atoms with Crippen LogP contribution in [0.2, 0.25) is 5.02 Å². The minimum Gasteiger partial charge on any atom is -0.444 e. The van der Waals surface area contributed by atoms with Crippen LogP contribution < -0.4 is 10.6 Å². The summed E-state index contributed by atoms with van der Waals surface area (Å²) < 4.78 is 5.36. The molecule has 6 heteroatoms. The van der Waals surface area contributed by atoms with Gasteiger partial charge in [-0.05, 0) is 70.1 Å². The number of ether oxygens (including phenoxy) is 1. The number of nitrogens with one attached hydrogen (secondary N) is 2. The molecule has 5 nitrogen and oxygen atoms in total. The molecule has 0 bridgehead atoms. The van der Waals surface area contributed by atoms with E-state index in [4.69, 9.17) is 16.3 Å². The number of rotatable bonds is 7. The van der Waals surface area contributed by atoms with E-state index in [9.17, 15) is 9.59 Å². The lowest BCUT2D eigenvalue weighted by Crippen LogP contribution is -2.52. The minimum atomic E-state index is -0.587. The predicted octanol–water partition coefficient (Wildman–Crippen LogP) is 4.86. The molecule has 156 valence electrons. The average Bonchev–Trinajstić information content (AvgIpc) is 2.64. The van der Waals surface area contributed by atoms with Gasteiger partial charge in [-0.15, -0.1) is 0 Å². The first-order valence-electron chi connectivity index (χ1n) is 10.3. The molecular formula is C22H33ClN2O3. The van der Waals surface area contributed by atoms with Crippen molar-refractivity contribution in [2.45, 2.75) is 77.4 Å². The molecule has 0 unspecified atom stereocenters. The van der Waals surface area contributed by atoms with Gasteiger partial charge in [-0.25, -0.2) is 4.79 Å². The lowest BCUT2D eigenvalue weighted by molar-refractivity contribution is -0.124. The van der Waals surface area contributed by atoms with Crippen LogP contribution in [0.25, 0.3) is 0 Å². The Morgan fingerprint density at radius 3 is 2.39 bits per heavy atom. The molecule has 28 heavy (non-hydrogen) atoms. The smallest absolute Gasteiger partial charge is 0.408 e. The van der Waals surface area contributed by atoms with Crippen LogP contribution in [0.1, 0.15) is 64.9 Å². The number of aryl methyl sites for hydroxylation is 1. The first kappa shape index (κ1) is 22.5. The summed E-state index contributed by atoms with van der Waals surface area (Å²) in [5, 5.41) is 6.54. The number of hydrogen-bond acceptors (Lipinski definition) is 3. The van der Waals surface area contributed by atoms with Gasteiger partial charge in [-0.3, -0.25) is 4.79 Å². The van der Waals surface area contributed by atoms with Crippen molar-refractivity contribution in [1.82, 2.24) is 10.6 Å². The number of alkyl carbamates (subject to hydrolysis) is 1. The number of carbonyl (C=O) groups excluding carboxylic acids is 2. The van der Waals surface area contributed by atoms with Crippen molar-refractivity contribution >= 4 is 23.6 Å². The maximum Gasteiger partial charge on any atom is 0.408 e. The minimum absolute atomic E-state index is 0.117. The molecule has 0 aromatic heterocycles. The van der Waals surface area contributed by atoms with Crippen LogP contribution in [0.4, 0.5) is 4.79 Å². The fourth-order valence-electron chi connectivity index (χ4n) is 3.56. The zero-order valence-corrected chi connectivity index (χ0v) is 18.0. The van der Waals surface area contributed by atoms with E-state index in [1.165, 1.54) is 12.0 Å². The maximum absolute atomic E-state index is 12.8. The predicted molar refractivity (Wildman–Crippen MR) is 113 cm³/mol. The largest absolute Gasteiger partial charge is 0.444 e. The highest BCUT2D eigenvalue weighted by atomic mass is 35.5. The third kappa shape index (κ3) is 8.09. The quantitative estimate of drug-likeness (QED) is 0.633. The molecule has 1 fully saturated rings. The lowest BCUT2D eigenvalue weighted by atomic mass is 9.83. The zero-order chi connectivity index (χ0) is 20.6. The first-order valence-corrected chi connectivity index (χ1v) is 10.6. The Balaban J connectivity index is 1.86. The van der Waals surface area contributed by atoms with Gasteiger partial charge in [0.2, 0.25) is 5.91 Å². The third-order valence-electron chi connectivity index (χ3n) is 4.93. The molecule has 1 aromatic rings. The van der Waals surface area contributed by atoms with Gasteiger partial charge in [0.15, 0.2) is 0 Å². The van der Waals surface area contributed by atoms with Gasteiger partial charge < -0.3 is 15.4 Å². The molecule has 1 saturated carbocycles. The molecule has 0 heterocycles. The van der Waals surface area contributed by atoms with Crippen molar-refractivity contribution in [2.75, 3.05) is 6.54 Å². The molecule has 0 saturated heterocycles. The van der Waals surface area contributed by atoms with Crippen molar-refractivity contribution in [1.29, 1.82) is 0 Å². The summed E-state index contributed by atoms with van der Waals surface area (Å²) in [6.07, 6.45) is 6.47. The van der Waals surface area contributed by atoms with E-state index in [1.54, 1.807) is 0 Å². The molecule has 0 aliphatic heterocycles. The van der Waals surface area contributed by atoms with E-state index in [0.717, 1.165) is 43.5 Å². The normalized spacial score (nSPS) is 16.3. The molecule has 1 aromatic carbocycles. The topological polar surface area (TPSA) is 67.4 Å². The van der Waals surface area contributed by atoms with Gasteiger partial charge >= 0.3 is 6.09 Å². The number of halogens is 1. The summed E-state index contributed by atoms with van der Waals surface area (Å²) in [7, 11) is 0. The number of carbonyl (C=O) groups is 2. The molecular weight excluding hydrogens is 376 g/mol. The van der Waals surface area contributed by atoms with Crippen molar-refractivity contribution in [2.24, 2.45) is 5.92 Å². The van der Waals surface area contributed by atoms with Crippen LogP contribution in [0.15, 0.2) is 24.3 Å². The highest BCUT2D eigenvalue weighted by Crippen LogP contribution is 2.27. The Morgan fingerprint density at radius 1 is 1.14 bits per heavy atom. The second kappa shape index (κ2) is 10.7. The van der Waals surface area contributed by atoms with Gasteiger partial charge in [0.05, 0.1) is 0 Å². The van der Waals surface area contributed by atoms with Crippen LogP contribution >= 0.6 is 11.6 Å². The zero-order valence-electron chi connectivity index (χ0n) is 17.2. The number of hydrogen-bond donors (Lipinski definition) is 2. The number of benzene rings is 1. The van der Waals surface area contributed by atoms with E-state index in [-0.39, 0.29) is 11.8 Å². The van der Waals surface area contributed by atoms with Gasteiger partial charge in [-0.2, -0.15) is 0 Å². The van der Waals surface area contributed by atoms with E-state index < -0.39 is 17.7 Å². The fourth-order valence-corrected chi connectivity index (χ4v) is 3.69. The van der Waals surface area contributed by atoms with Gasteiger partial charge in [0.1, 0.15) is 11.6 Å². The molecule has 2 rings (SSSR count). The summed E-state index contributed by atoms with van der Waals surface area (Å²) in [6.45, 7) is 6.03. The van der Waals surface area contributed by atoms with E-state index in [1.807, 2.05) is 45.0 Å². The monoisotopic (exact) mass is 408 g/mol. The summed E-state index contributed by atoms with van der Waals surface area (Å²) in [6, 6.07) is 7.21. The third-order valence-corrected chi connectivity index (χ3v) is 5.18. The molecule has 0 radical (unpaired) electrons. The van der Waals surface area contributed by atoms with E-state index >= 15 is 0 Å². The Bertz CT molecular complexity index is 634. The van der Waals surface area contributed by atoms with Crippen LogP contribution in [0.3, 0.4) is 0 Å². The van der Waals surface area contributed by atoms with E-state index in [2.05, 4.69) is 10.6 Å². The molecule has 0 spiro atoms. The summed E-state index contributed by atoms with van der Waals surface area (Å²) in [5.41, 5.74) is 0.602. The Kier molecular flexibility index (Phi) is 8.61. The lowest BCUT2D eigenvalue weighted by Gasteiger charge is -2.31. The van der Waals surface area contributed by atoms with E-state index in [0.29, 0.717) is 6.54 Å². The molecule has 2 N–H and O–H groups in total. The second-order valence-corrected chi connectivity index (χ2v) is 8.98. The standard InChI is InChI=1S/C22H33ClN2O3/c1-22(2,3)28-21(27)25-19(17-9-5-4-6-10-17)20(26)24-15-7-8-16-11-13-18(23)14-12-16/h11-14,17,19H,4-10,15H2,1-3H3,(H,24,26)(H,25,27)/t19-/m1/s1. The van der Waals surface area contributed by atoms with Crippen LogP contribution in [-0.4, -0.2) is 30.2 Å². The molecule has 1 atom stereocenters. The summed E-state index contributed by atoms with van der Waals surface area (Å²) >= 11 is 5.90. The van der Waals surface area contributed by atoms with Crippen LogP contribution in [0, 0.1) is 5.92 Å². The van der Waals surface area contributed by atoms with Crippen molar-refractivity contribution in [3.05, 3.63) is 34.9 Å². The summed E-state index contributed by atoms with van der Waals surface area (Å²) in [5.74, 6) is 0.0476. The first-order chi connectivity index (χ1) is 13.2. The highest BCUT2D eigenvalue weighted by molar-refractivity contribution is 6.30. The Morgan fingerprint density at radius 2 is 1.79 bits per heavy atom. The van der Waals surface area contributed by atoms with Gasteiger partial charge in [-0.1, -0.05) is 43.0 Å². The highest BCUT2D eigenvalue weighted by Gasteiger charge is 2.32. The number of amides is 2. The van der Waals surface area contributed by atoms with Gasteiger partial charge in [0.25, 0.3) is 0 Å². The Hall–Kier alpha value is -1.75. The van der Waals surface area contributed by atoms with Crippen molar-refractivity contribution < 1.29 is 14.3 Å². The SMILES string of the molecule is CC(C)(C)OC(=O)N[C@@H](C(=O)NCCCc1ccc(Cl)cc1)C1CCCCC1. The van der Waals surface area contributed by atoms with Crippen LogP contribution in [-0.2, 0) is 16.0 Å².